The standard InChI is InChI=1S/C23H34N2O3S/c1-15(2)21-13-25(17(4)24-29(5,26)27)16(3)6-22(21)28-14-23-10-18-7-19(11-23)9-20(8-18)12-23/h6,13,15,18-20,24H,3-4,7-12,14H2,1-2,5H3. The molecule has 4 fully saturated rings. The fraction of sp³-hybridized carbons (Fsp3) is 0.652. The zero-order valence-electron chi connectivity index (χ0n) is 17.9. The third-order valence-electron chi connectivity index (χ3n) is 7.07. The van der Waals surface area contributed by atoms with E-state index in [2.05, 4.69) is 31.7 Å². The molecular formula is C23H34N2O3S. The van der Waals surface area contributed by atoms with Gasteiger partial charge in [-0.05, 0) is 62.2 Å². The van der Waals surface area contributed by atoms with Crippen LogP contribution in [0.15, 0.2) is 48.3 Å². The van der Waals surface area contributed by atoms with E-state index in [4.69, 9.17) is 4.74 Å². The number of ether oxygens (including phenoxy) is 1. The lowest BCUT2D eigenvalue weighted by molar-refractivity contribution is -0.0853. The second-order valence-corrected chi connectivity index (χ2v) is 11.9. The number of hydrogen-bond donors (Lipinski definition) is 1. The van der Waals surface area contributed by atoms with Crippen LogP contribution in [0.3, 0.4) is 0 Å². The van der Waals surface area contributed by atoms with Crippen LogP contribution in [0.1, 0.15) is 52.4 Å². The summed E-state index contributed by atoms with van der Waals surface area (Å²) in [6, 6.07) is 0. The third-order valence-corrected chi connectivity index (χ3v) is 7.68. The number of rotatable bonds is 7. The molecular weight excluding hydrogens is 384 g/mol. The molecule has 0 aromatic carbocycles. The van der Waals surface area contributed by atoms with Gasteiger partial charge in [0.15, 0.2) is 0 Å². The lowest BCUT2D eigenvalue weighted by Crippen LogP contribution is -2.48. The quantitative estimate of drug-likeness (QED) is 0.662. The topological polar surface area (TPSA) is 58.6 Å². The van der Waals surface area contributed by atoms with Crippen LogP contribution in [0.25, 0.3) is 0 Å². The average molecular weight is 419 g/mol. The highest BCUT2D eigenvalue weighted by Crippen LogP contribution is 2.60. The molecule has 0 spiro atoms. The molecule has 6 heteroatoms. The predicted molar refractivity (Wildman–Crippen MR) is 116 cm³/mol. The number of nitrogens with zero attached hydrogens (tertiary/aromatic N) is 1. The Kier molecular flexibility index (Phi) is 5.12. The summed E-state index contributed by atoms with van der Waals surface area (Å²) in [7, 11) is -3.40. The van der Waals surface area contributed by atoms with Gasteiger partial charge in [-0.3, -0.25) is 4.72 Å². The molecule has 5 aliphatic rings. The first kappa shape index (κ1) is 20.6. The molecule has 1 N–H and O–H groups in total. The molecule has 4 bridgehead atoms. The van der Waals surface area contributed by atoms with Crippen LogP contribution >= 0.6 is 0 Å². The molecule has 0 aromatic heterocycles. The van der Waals surface area contributed by atoms with Crippen molar-refractivity contribution in [2.24, 2.45) is 29.1 Å². The van der Waals surface area contributed by atoms with Crippen molar-refractivity contribution >= 4 is 10.0 Å². The summed E-state index contributed by atoms with van der Waals surface area (Å²) >= 11 is 0. The highest BCUT2D eigenvalue weighted by molar-refractivity contribution is 7.88. The monoisotopic (exact) mass is 418 g/mol. The molecule has 0 unspecified atom stereocenters. The van der Waals surface area contributed by atoms with Crippen LogP contribution in [-0.2, 0) is 14.8 Å². The summed E-state index contributed by atoms with van der Waals surface area (Å²) < 4.78 is 32.1. The van der Waals surface area contributed by atoms with Gasteiger partial charge in [0, 0.05) is 29.0 Å². The minimum atomic E-state index is -3.40. The lowest BCUT2D eigenvalue weighted by Gasteiger charge is -2.56. The van der Waals surface area contributed by atoms with E-state index in [9.17, 15) is 8.42 Å². The van der Waals surface area contributed by atoms with Gasteiger partial charge in [-0.2, -0.15) is 0 Å². The Balaban J connectivity index is 1.49. The molecule has 5 rings (SSSR count). The Hall–Kier alpha value is -1.69. The van der Waals surface area contributed by atoms with Gasteiger partial charge in [-0.1, -0.05) is 27.0 Å². The zero-order valence-corrected chi connectivity index (χ0v) is 18.7. The number of nitrogens with one attached hydrogen (secondary N) is 1. The maximum Gasteiger partial charge on any atom is 0.230 e. The van der Waals surface area contributed by atoms with Crippen molar-refractivity contribution < 1.29 is 13.2 Å². The first-order chi connectivity index (χ1) is 13.5. The van der Waals surface area contributed by atoms with Gasteiger partial charge in [0.1, 0.15) is 11.6 Å². The normalized spacial score (nSPS) is 33.6. The molecule has 4 aliphatic carbocycles. The van der Waals surface area contributed by atoms with Gasteiger partial charge in [-0.25, -0.2) is 8.42 Å². The molecule has 29 heavy (non-hydrogen) atoms. The van der Waals surface area contributed by atoms with Crippen molar-refractivity contribution in [1.82, 2.24) is 9.62 Å². The van der Waals surface area contributed by atoms with E-state index in [1.54, 1.807) is 4.90 Å². The fourth-order valence-electron chi connectivity index (χ4n) is 6.36. The van der Waals surface area contributed by atoms with Gasteiger partial charge in [0.25, 0.3) is 0 Å². The molecule has 0 radical (unpaired) electrons. The summed E-state index contributed by atoms with van der Waals surface area (Å²) in [6.45, 7) is 13.0. The maximum absolute atomic E-state index is 11.6. The SMILES string of the molecule is C=C1C=C(OCC23CC4CC(CC(C4)C2)C3)C(C(C)C)=CN1C(=C)NS(C)(=O)=O. The summed E-state index contributed by atoms with van der Waals surface area (Å²) in [5.74, 6) is 4.08. The Morgan fingerprint density at radius 1 is 1.24 bits per heavy atom. The third kappa shape index (κ3) is 4.27. The molecule has 0 saturated heterocycles. The van der Waals surface area contributed by atoms with Crippen LogP contribution in [0, 0.1) is 29.1 Å². The molecule has 1 heterocycles. The van der Waals surface area contributed by atoms with E-state index in [0.717, 1.165) is 41.9 Å². The second-order valence-electron chi connectivity index (χ2n) is 10.1. The first-order valence-corrected chi connectivity index (χ1v) is 12.6. The van der Waals surface area contributed by atoms with Gasteiger partial charge in [0.05, 0.1) is 12.9 Å². The van der Waals surface area contributed by atoms with E-state index in [0.29, 0.717) is 11.1 Å². The number of allylic oxidation sites excluding steroid dienone is 2. The highest BCUT2D eigenvalue weighted by atomic mass is 32.2. The number of hydrogen-bond acceptors (Lipinski definition) is 4. The smallest absolute Gasteiger partial charge is 0.230 e. The van der Waals surface area contributed by atoms with E-state index in [-0.39, 0.29) is 11.7 Å². The van der Waals surface area contributed by atoms with E-state index < -0.39 is 10.0 Å². The van der Waals surface area contributed by atoms with E-state index >= 15 is 0 Å². The van der Waals surface area contributed by atoms with Gasteiger partial charge < -0.3 is 9.64 Å². The molecule has 0 atom stereocenters. The zero-order chi connectivity index (χ0) is 21.0. The molecule has 0 aromatic rings. The van der Waals surface area contributed by atoms with Crippen LogP contribution in [0.5, 0.6) is 0 Å². The molecule has 160 valence electrons. The van der Waals surface area contributed by atoms with Crippen LogP contribution in [0.2, 0.25) is 0 Å². The Bertz CT molecular complexity index is 847. The summed E-state index contributed by atoms with van der Waals surface area (Å²) in [5, 5.41) is 0. The van der Waals surface area contributed by atoms with Crippen LogP contribution < -0.4 is 4.72 Å². The molecule has 0 amide bonds. The summed E-state index contributed by atoms with van der Waals surface area (Å²) in [4.78, 5) is 1.69. The molecule has 1 aliphatic heterocycles. The van der Waals surface area contributed by atoms with Crippen molar-refractivity contribution in [3.05, 3.63) is 48.3 Å². The van der Waals surface area contributed by atoms with Crippen molar-refractivity contribution in [3.8, 4) is 0 Å². The van der Waals surface area contributed by atoms with Gasteiger partial charge in [-0.15, -0.1) is 0 Å². The maximum atomic E-state index is 11.6. The van der Waals surface area contributed by atoms with Gasteiger partial charge in [0.2, 0.25) is 10.0 Å². The van der Waals surface area contributed by atoms with Crippen molar-refractivity contribution in [3.63, 3.8) is 0 Å². The highest BCUT2D eigenvalue weighted by Gasteiger charge is 2.51. The summed E-state index contributed by atoms with van der Waals surface area (Å²) in [5.41, 5.74) is 2.03. The Morgan fingerprint density at radius 3 is 2.28 bits per heavy atom. The Morgan fingerprint density at radius 2 is 1.79 bits per heavy atom. The fourth-order valence-corrected chi connectivity index (χ4v) is 6.89. The van der Waals surface area contributed by atoms with E-state index in [1.165, 1.54) is 38.5 Å². The first-order valence-electron chi connectivity index (χ1n) is 10.7. The lowest BCUT2D eigenvalue weighted by atomic mass is 9.50. The van der Waals surface area contributed by atoms with Crippen LogP contribution in [0.4, 0.5) is 0 Å². The predicted octanol–water partition coefficient (Wildman–Crippen LogP) is 4.49. The van der Waals surface area contributed by atoms with E-state index in [1.807, 2.05) is 12.3 Å². The molecule has 5 nitrogen and oxygen atoms in total. The van der Waals surface area contributed by atoms with Crippen molar-refractivity contribution in [2.45, 2.75) is 52.4 Å². The van der Waals surface area contributed by atoms with Crippen molar-refractivity contribution in [1.29, 1.82) is 0 Å². The minimum absolute atomic E-state index is 0.235. The van der Waals surface area contributed by atoms with Crippen LogP contribution in [-0.4, -0.2) is 26.2 Å². The number of sulfonamides is 1. The molecule has 4 saturated carbocycles. The largest absolute Gasteiger partial charge is 0.493 e. The second kappa shape index (κ2) is 7.22. The summed E-state index contributed by atoms with van der Waals surface area (Å²) in [6.07, 6.45) is 13.2. The minimum Gasteiger partial charge on any atom is -0.493 e. The van der Waals surface area contributed by atoms with Crippen molar-refractivity contribution in [2.75, 3.05) is 12.9 Å². The van der Waals surface area contributed by atoms with Gasteiger partial charge >= 0.3 is 0 Å². The Labute approximate surface area is 175 Å². The average Bonchev–Trinajstić information content (AvgIpc) is 2.57.